The van der Waals surface area contributed by atoms with Gasteiger partial charge >= 0.3 is 6.03 Å². The fourth-order valence-corrected chi connectivity index (χ4v) is 4.84. The van der Waals surface area contributed by atoms with Crippen LogP contribution in [-0.2, 0) is 4.74 Å². The molecule has 0 aromatic carbocycles. The molecule has 0 aromatic rings. The number of urea groups is 1. The predicted molar refractivity (Wildman–Crippen MR) is 89.2 cm³/mol. The Balaban J connectivity index is 1.53. The van der Waals surface area contributed by atoms with Gasteiger partial charge in [0, 0.05) is 31.7 Å². The molecule has 0 aliphatic heterocycles. The number of ether oxygens (including phenoxy) is 1. The second-order valence-corrected chi connectivity index (χ2v) is 7.85. The van der Waals surface area contributed by atoms with Crippen LogP contribution in [0, 0.1) is 11.3 Å². The molecular formula is C18H32N2O3. The Morgan fingerprint density at radius 1 is 1.26 bits per heavy atom. The van der Waals surface area contributed by atoms with Gasteiger partial charge in [-0.05, 0) is 44.9 Å². The first-order valence-electron chi connectivity index (χ1n) is 9.36. The van der Waals surface area contributed by atoms with E-state index >= 15 is 0 Å². The van der Waals surface area contributed by atoms with Crippen molar-refractivity contribution in [3.05, 3.63) is 0 Å². The minimum absolute atomic E-state index is 0.0382. The first-order chi connectivity index (χ1) is 11.0. The van der Waals surface area contributed by atoms with Crippen LogP contribution in [-0.4, -0.2) is 54.5 Å². The molecule has 5 heteroatoms. The van der Waals surface area contributed by atoms with E-state index in [9.17, 15) is 9.90 Å². The van der Waals surface area contributed by atoms with Gasteiger partial charge < -0.3 is 20.1 Å². The highest BCUT2D eigenvalue weighted by Crippen LogP contribution is 2.53. The van der Waals surface area contributed by atoms with Crippen LogP contribution < -0.4 is 5.32 Å². The molecule has 0 aromatic heterocycles. The number of aliphatic hydroxyl groups is 1. The van der Waals surface area contributed by atoms with Gasteiger partial charge in [0.15, 0.2) is 0 Å². The molecule has 0 bridgehead atoms. The van der Waals surface area contributed by atoms with Gasteiger partial charge in [-0.25, -0.2) is 4.79 Å². The van der Waals surface area contributed by atoms with Crippen LogP contribution in [0.1, 0.15) is 58.3 Å². The first kappa shape index (κ1) is 17.0. The summed E-state index contributed by atoms with van der Waals surface area (Å²) < 4.78 is 5.95. The number of amides is 2. The lowest BCUT2D eigenvalue weighted by molar-refractivity contribution is -0.147. The van der Waals surface area contributed by atoms with E-state index in [0.717, 1.165) is 32.4 Å². The Kier molecular flexibility index (Phi) is 5.16. The van der Waals surface area contributed by atoms with Crippen molar-refractivity contribution in [3.63, 3.8) is 0 Å². The highest BCUT2D eigenvalue weighted by Gasteiger charge is 2.56. The van der Waals surface area contributed by atoms with Crippen LogP contribution in [0.5, 0.6) is 0 Å². The SMILES string of the molecule is CCO[C@H]1C[C@H](NC(=O)N(C)CC2CC(O)C2)C12CCCCC2. The van der Waals surface area contributed by atoms with Gasteiger partial charge in [0.25, 0.3) is 0 Å². The van der Waals surface area contributed by atoms with Crippen molar-refractivity contribution in [1.29, 1.82) is 0 Å². The number of hydrogen-bond acceptors (Lipinski definition) is 3. The number of carbonyl (C=O) groups excluding carboxylic acids is 1. The van der Waals surface area contributed by atoms with E-state index in [1.54, 1.807) is 4.90 Å². The average molecular weight is 324 g/mol. The molecule has 0 unspecified atom stereocenters. The maximum atomic E-state index is 12.5. The summed E-state index contributed by atoms with van der Waals surface area (Å²) in [4.78, 5) is 14.3. The number of carbonyl (C=O) groups is 1. The zero-order chi connectivity index (χ0) is 16.4. The molecule has 0 saturated heterocycles. The van der Waals surface area contributed by atoms with Gasteiger partial charge in [0.1, 0.15) is 0 Å². The third kappa shape index (κ3) is 3.36. The third-order valence-electron chi connectivity index (χ3n) is 6.32. The van der Waals surface area contributed by atoms with Crippen molar-refractivity contribution in [2.75, 3.05) is 20.2 Å². The summed E-state index contributed by atoms with van der Waals surface area (Å²) in [5, 5.41) is 12.6. The van der Waals surface area contributed by atoms with E-state index < -0.39 is 0 Å². The van der Waals surface area contributed by atoms with Crippen molar-refractivity contribution in [3.8, 4) is 0 Å². The number of nitrogens with zero attached hydrogens (tertiary/aromatic N) is 1. The molecule has 1 spiro atoms. The van der Waals surface area contributed by atoms with E-state index in [0.29, 0.717) is 12.0 Å². The van der Waals surface area contributed by atoms with Crippen LogP contribution >= 0.6 is 0 Å². The lowest BCUT2D eigenvalue weighted by Gasteiger charge is -2.57. The van der Waals surface area contributed by atoms with Gasteiger partial charge in [-0.1, -0.05) is 19.3 Å². The van der Waals surface area contributed by atoms with Crippen LogP contribution in [0.3, 0.4) is 0 Å². The van der Waals surface area contributed by atoms with E-state index in [1.165, 1.54) is 32.1 Å². The van der Waals surface area contributed by atoms with Gasteiger partial charge in [-0.2, -0.15) is 0 Å². The van der Waals surface area contributed by atoms with Gasteiger partial charge in [-0.15, -0.1) is 0 Å². The van der Waals surface area contributed by atoms with Crippen LogP contribution in [0.25, 0.3) is 0 Å². The number of nitrogens with one attached hydrogen (secondary N) is 1. The summed E-state index contributed by atoms with van der Waals surface area (Å²) in [6.07, 6.45) is 8.97. The largest absolute Gasteiger partial charge is 0.393 e. The molecule has 3 rings (SSSR count). The molecule has 2 atom stereocenters. The summed E-state index contributed by atoms with van der Waals surface area (Å²) in [6, 6.07) is 0.303. The van der Waals surface area contributed by atoms with E-state index in [1.807, 2.05) is 7.05 Å². The number of aliphatic hydroxyl groups excluding tert-OH is 1. The molecule has 2 amide bonds. The van der Waals surface area contributed by atoms with Crippen molar-refractivity contribution < 1.29 is 14.6 Å². The Bertz CT molecular complexity index is 416. The van der Waals surface area contributed by atoms with E-state index in [-0.39, 0.29) is 23.6 Å². The first-order valence-corrected chi connectivity index (χ1v) is 9.36. The van der Waals surface area contributed by atoms with Crippen molar-refractivity contribution in [2.24, 2.45) is 11.3 Å². The molecular weight excluding hydrogens is 292 g/mol. The highest BCUT2D eigenvalue weighted by atomic mass is 16.5. The topological polar surface area (TPSA) is 61.8 Å². The molecule has 5 nitrogen and oxygen atoms in total. The lowest BCUT2D eigenvalue weighted by Crippen LogP contribution is -2.66. The summed E-state index contributed by atoms with van der Waals surface area (Å²) >= 11 is 0. The monoisotopic (exact) mass is 324 g/mol. The molecule has 3 fully saturated rings. The average Bonchev–Trinajstić information content (AvgIpc) is 2.53. The summed E-state index contributed by atoms with van der Waals surface area (Å²) in [5.74, 6) is 0.460. The molecule has 3 aliphatic carbocycles. The maximum Gasteiger partial charge on any atom is 0.317 e. The standard InChI is InChI=1S/C18H32N2O3/c1-3-23-16-11-15(18(16)7-5-4-6-8-18)19-17(22)20(2)12-13-9-14(21)10-13/h13-16,21H,3-12H2,1-2H3,(H,19,22)/t13?,14?,15-,16-/m0/s1. The molecule has 0 heterocycles. The lowest BCUT2D eigenvalue weighted by atomic mass is 9.55. The van der Waals surface area contributed by atoms with Crippen LogP contribution in [0.15, 0.2) is 0 Å². The molecule has 132 valence electrons. The normalized spacial score (nSPS) is 35.3. The molecule has 23 heavy (non-hydrogen) atoms. The Morgan fingerprint density at radius 2 is 1.96 bits per heavy atom. The highest BCUT2D eigenvalue weighted by molar-refractivity contribution is 5.74. The predicted octanol–water partition coefficient (Wildman–Crippen LogP) is 2.53. The van der Waals surface area contributed by atoms with E-state index in [4.69, 9.17) is 4.74 Å². The second kappa shape index (κ2) is 6.98. The smallest absolute Gasteiger partial charge is 0.317 e. The van der Waals surface area contributed by atoms with Crippen molar-refractivity contribution >= 4 is 6.03 Å². The summed E-state index contributed by atoms with van der Waals surface area (Å²) in [7, 11) is 1.87. The fourth-order valence-electron chi connectivity index (χ4n) is 4.84. The van der Waals surface area contributed by atoms with Crippen LogP contribution in [0.4, 0.5) is 4.79 Å². The minimum atomic E-state index is -0.152. The Labute approximate surface area is 139 Å². The summed E-state index contributed by atoms with van der Waals surface area (Å²) in [6.45, 7) is 3.57. The number of rotatable bonds is 5. The zero-order valence-electron chi connectivity index (χ0n) is 14.6. The van der Waals surface area contributed by atoms with Crippen molar-refractivity contribution in [2.45, 2.75) is 76.5 Å². The summed E-state index contributed by atoms with van der Waals surface area (Å²) in [5.41, 5.74) is 0.178. The van der Waals surface area contributed by atoms with E-state index in [2.05, 4.69) is 12.2 Å². The van der Waals surface area contributed by atoms with Gasteiger partial charge in [-0.3, -0.25) is 0 Å². The molecule has 2 N–H and O–H groups in total. The van der Waals surface area contributed by atoms with Gasteiger partial charge in [0.2, 0.25) is 0 Å². The quantitative estimate of drug-likeness (QED) is 0.817. The minimum Gasteiger partial charge on any atom is -0.393 e. The van der Waals surface area contributed by atoms with Gasteiger partial charge in [0.05, 0.1) is 12.2 Å². The fraction of sp³-hybridized carbons (Fsp3) is 0.944. The molecule has 3 aliphatic rings. The third-order valence-corrected chi connectivity index (χ3v) is 6.32. The maximum absolute atomic E-state index is 12.5. The Morgan fingerprint density at radius 3 is 2.57 bits per heavy atom. The zero-order valence-corrected chi connectivity index (χ0v) is 14.6. The second-order valence-electron chi connectivity index (χ2n) is 7.85. The Hall–Kier alpha value is -0.810. The number of hydrogen-bond donors (Lipinski definition) is 2. The van der Waals surface area contributed by atoms with Crippen LogP contribution in [0.2, 0.25) is 0 Å². The molecule has 0 radical (unpaired) electrons. The molecule has 3 saturated carbocycles. The van der Waals surface area contributed by atoms with Crippen molar-refractivity contribution in [1.82, 2.24) is 10.2 Å².